The van der Waals surface area contributed by atoms with Crippen LogP contribution in [0.2, 0.25) is 0 Å². The van der Waals surface area contributed by atoms with E-state index in [2.05, 4.69) is 10.0 Å². The molecule has 6 heteroatoms. The second kappa shape index (κ2) is 6.85. The van der Waals surface area contributed by atoms with Gasteiger partial charge in [0.25, 0.3) is 0 Å². The Morgan fingerprint density at radius 3 is 2.62 bits per heavy atom. The number of sulfonamides is 1. The highest BCUT2D eigenvalue weighted by Crippen LogP contribution is 2.26. The van der Waals surface area contributed by atoms with Crippen molar-refractivity contribution in [3.63, 3.8) is 0 Å². The lowest BCUT2D eigenvalue weighted by molar-refractivity contribution is 0.316. The molecule has 118 valence electrons. The molecular weight excluding hydrogens is 291 g/mol. The van der Waals surface area contributed by atoms with Crippen LogP contribution in [0.25, 0.3) is 0 Å². The van der Waals surface area contributed by atoms with Gasteiger partial charge in [0.1, 0.15) is 5.82 Å². The Bertz CT molecular complexity index is 598. The van der Waals surface area contributed by atoms with Gasteiger partial charge in [0.05, 0.1) is 4.90 Å². The summed E-state index contributed by atoms with van der Waals surface area (Å²) in [5, 5.41) is 3.02. The zero-order chi connectivity index (χ0) is 15.5. The van der Waals surface area contributed by atoms with Crippen LogP contribution in [0.3, 0.4) is 0 Å². The average Bonchev–Trinajstić information content (AvgIpc) is 2.38. The van der Waals surface area contributed by atoms with Crippen molar-refractivity contribution in [1.82, 2.24) is 10.0 Å². The minimum atomic E-state index is -3.56. The van der Waals surface area contributed by atoms with Crippen molar-refractivity contribution in [3.8, 4) is 0 Å². The van der Waals surface area contributed by atoms with Gasteiger partial charge < -0.3 is 5.32 Å². The largest absolute Gasteiger partial charge is 0.313 e. The fourth-order valence-electron chi connectivity index (χ4n) is 2.36. The van der Waals surface area contributed by atoms with Crippen LogP contribution in [-0.4, -0.2) is 21.5 Å². The van der Waals surface area contributed by atoms with Gasteiger partial charge in [0.2, 0.25) is 10.0 Å². The molecule has 0 saturated heterocycles. The molecule has 0 amide bonds. The molecule has 0 bridgehead atoms. The summed E-state index contributed by atoms with van der Waals surface area (Å²) in [6, 6.07) is 2.82. The van der Waals surface area contributed by atoms with Gasteiger partial charge >= 0.3 is 0 Å². The van der Waals surface area contributed by atoms with E-state index in [4.69, 9.17) is 0 Å². The van der Waals surface area contributed by atoms with Crippen molar-refractivity contribution in [1.29, 1.82) is 0 Å². The van der Waals surface area contributed by atoms with Gasteiger partial charge in [0.15, 0.2) is 0 Å². The molecule has 0 aromatic heterocycles. The standard InChI is InChI=1S/C15H23FN2O2S/c1-3-17-10-13-8-14(7-11(2)15(13)16)21(19,20)18-9-12-5-4-6-12/h7-8,12,17-18H,3-6,9-10H2,1-2H3. The Morgan fingerprint density at radius 2 is 2.05 bits per heavy atom. The summed E-state index contributed by atoms with van der Waals surface area (Å²) in [5.41, 5.74) is 0.746. The minimum Gasteiger partial charge on any atom is -0.313 e. The lowest BCUT2D eigenvalue weighted by Crippen LogP contribution is -2.32. The van der Waals surface area contributed by atoms with E-state index in [1.807, 2.05) is 6.92 Å². The van der Waals surface area contributed by atoms with Crippen molar-refractivity contribution < 1.29 is 12.8 Å². The van der Waals surface area contributed by atoms with E-state index >= 15 is 0 Å². The van der Waals surface area contributed by atoms with E-state index in [0.29, 0.717) is 36.7 Å². The highest BCUT2D eigenvalue weighted by molar-refractivity contribution is 7.89. The molecule has 0 aliphatic heterocycles. The lowest BCUT2D eigenvalue weighted by atomic mass is 9.86. The van der Waals surface area contributed by atoms with Gasteiger partial charge in [0, 0.05) is 18.7 Å². The number of hydrogen-bond acceptors (Lipinski definition) is 3. The molecular formula is C15H23FN2O2S. The second-order valence-electron chi connectivity index (χ2n) is 5.64. The molecule has 0 unspecified atom stereocenters. The third-order valence-electron chi connectivity index (χ3n) is 3.97. The zero-order valence-electron chi connectivity index (χ0n) is 12.6. The first-order valence-corrected chi connectivity index (χ1v) is 8.91. The maximum atomic E-state index is 14.0. The molecule has 21 heavy (non-hydrogen) atoms. The molecule has 2 rings (SSSR count). The number of hydrogen-bond donors (Lipinski definition) is 2. The minimum absolute atomic E-state index is 0.147. The van der Waals surface area contributed by atoms with Crippen LogP contribution < -0.4 is 10.0 Å². The van der Waals surface area contributed by atoms with Crippen LogP contribution in [0.5, 0.6) is 0 Å². The summed E-state index contributed by atoms with van der Waals surface area (Å²) >= 11 is 0. The highest BCUT2D eigenvalue weighted by atomic mass is 32.2. The summed E-state index contributed by atoms with van der Waals surface area (Å²) < 4.78 is 41.3. The van der Waals surface area contributed by atoms with Crippen molar-refractivity contribution >= 4 is 10.0 Å². The van der Waals surface area contributed by atoms with Crippen LogP contribution in [0.1, 0.15) is 37.3 Å². The third-order valence-corrected chi connectivity index (χ3v) is 5.37. The molecule has 1 aliphatic carbocycles. The molecule has 0 heterocycles. The van der Waals surface area contributed by atoms with Crippen molar-refractivity contribution in [2.75, 3.05) is 13.1 Å². The molecule has 1 saturated carbocycles. The van der Waals surface area contributed by atoms with Crippen LogP contribution in [-0.2, 0) is 16.6 Å². The van der Waals surface area contributed by atoms with Crippen LogP contribution in [0.4, 0.5) is 4.39 Å². The van der Waals surface area contributed by atoms with Crippen LogP contribution in [0.15, 0.2) is 17.0 Å². The predicted octanol–water partition coefficient (Wildman–Crippen LogP) is 2.32. The van der Waals surface area contributed by atoms with Gasteiger partial charge in [-0.3, -0.25) is 0 Å². The molecule has 0 atom stereocenters. The molecule has 1 aromatic carbocycles. The van der Waals surface area contributed by atoms with E-state index in [-0.39, 0.29) is 10.7 Å². The van der Waals surface area contributed by atoms with E-state index in [1.54, 1.807) is 6.92 Å². The average molecular weight is 314 g/mol. The first-order valence-electron chi connectivity index (χ1n) is 7.43. The Hall–Kier alpha value is -0.980. The number of rotatable bonds is 7. The fraction of sp³-hybridized carbons (Fsp3) is 0.600. The van der Waals surface area contributed by atoms with Crippen molar-refractivity contribution in [2.45, 2.75) is 44.6 Å². The quantitative estimate of drug-likeness (QED) is 0.812. The number of benzene rings is 1. The van der Waals surface area contributed by atoms with E-state index in [0.717, 1.165) is 12.8 Å². The normalized spacial score (nSPS) is 16.0. The van der Waals surface area contributed by atoms with Gasteiger partial charge in [-0.25, -0.2) is 17.5 Å². The van der Waals surface area contributed by atoms with E-state index in [9.17, 15) is 12.8 Å². The Morgan fingerprint density at radius 1 is 1.33 bits per heavy atom. The van der Waals surface area contributed by atoms with E-state index < -0.39 is 10.0 Å². The monoisotopic (exact) mass is 314 g/mol. The van der Waals surface area contributed by atoms with Gasteiger partial charge in [-0.1, -0.05) is 13.3 Å². The Labute approximate surface area is 126 Å². The molecule has 1 fully saturated rings. The zero-order valence-corrected chi connectivity index (χ0v) is 13.4. The Kier molecular flexibility index (Phi) is 5.35. The van der Waals surface area contributed by atoms with Gasteiger partial charge in [-0.15, -0.1) is 0 Å². The second-order valence-corrected chi connectivity index (χ2v) is 7.41. The van der Waals surface area contributed by atoms with Crippen molar-refractivity contribution in [2.24, 2.45) is 5.92 Å². The molecule has 4 nitrogen and oxygen atoms in total. The molecule has 0 radical (unpaired) electrons. The molecule has 1 aliphatic rings. The summed E-state index contributed by atoms with van der Waals surface area (Å²) in [4.78, 5) is 0.147. The van der Waals surface area contributed by atoms with Gasteiger partial charge in [-0.2, -0.15) is 0 Å². The fourth-order valence-corrected chi connectivity index (χ4v) is 3.61. The smallest absolute Gasteiger partial charge is 0.240 e. The molecule has 1 aromatic rings. The lowest BCUT2D eigenvalue weighted by Gasteiger charge is -2.25. The summed E-state index contributed by atoms with van der Waals surface area (Å²) in [6.07, 6.45) is 3.34. The van der Waals surface area contributed by atoms with E-state index in [1.165, 1.54) is 18.6 Å². The Balaban J connectivity index is 2.18. The first kappa shape index (κ1) is 16.4. The van der Waals surface area contributed by atoms with Crippen molar-refractivity contribution in [3.05, 3.63) is 29.1 Å². The molecule has 2 N–H and O–H groups in total. The highest BCUT2D eigenvalue weighted by Gasteiger charge is 2.22. The van der Waals surface area contributed by atoms with Gasteiger partial charge in [-0.05, 0) is 49.9 Å². The SMILES string of the molecule is CCNCc1cc(S(=O)(=O)NCC2CCC2)cc(C)c1F. The maximum absolute atomic E-state index is 14.0. The number of nitrogens with one attached hydrogen (secondary N) is 2. The number of halogens is 1. The first-order chi connectivity index (χ1) is 9.94. The number of aryl methyl sites for hydroxylation is 1. The summed E-state index contributed by atoms with van der Waals surface area (Å²) in [6.45, 7) is 5.02. The molecule has 0 spiro atoms. The third kappa shape index (κ3) is 4.02. The topological polar surface area (TPSA) is 58.2 Å². The van der Waals surface area contributed by atoms with Crippen LogP contribution in [0, 0.1) is 18.7 Å². The van der Waals surface area contributed by atoms with Crippen LogP contribution >= 0.6 is 0 Å². The summed E-state index contributed by atoms with van der Waals surface area (Å²) in [7, 11) is -3.56. The summed E-state index contributed by atoms with van der Waals surface area (Å²) in [5.74, 6) is 0.108. The predicted molar refractivity (Wildman–Crippen MR) is 81.0 cm³/mol. The maximum Gasteiger partial charge on any atom is 0.240 e.